The van der Waals surface area contributed by atoms with Crippen LogP contribution in [0.2, 0.25) is 0 Å². The number of rotatable bonds is 5. The summed E-state index contributed by atoms with van der Waals surface area (Å²) in [7, 11) is 0. The summed E-state index contributed by atoms with van der Waals surface area (Å²) in [6, 6.07) is 2.13. The Labute approximate surface area is 94.8 Å². The summed E-state index contributed by atoms with van der Waals surface area (Å²) in [5.74, 6) is 1.07. The van der Waals surface area contributed by atoms with E-state index in [2.05, 4.69) is 33.9 Å². The van der Waals surface area contributed by atoms with Crippen LogP contribution in [-0.4, -0.2) is 33.6 Å². The molecule has 0 aliphatic rings. The molecule has 0 aliphatic carbocycles. The van der Waals surface area contributed by atoms with Crippen LogP contribution in [0.1, 0.15) is 20.3 Å². The highest BCUT2D eigenvalue weighted by molar-refractivity contribution is 5.80. The van der Waals surface area contributed by atoms with Crippen LogP contribution in [0.3, 0.4) is 0 Å². The van der Waals surface area contributed by atoms with Gasteiger partial charge in [-0.25, -0.2) is 9.97 Å². The molecule has 6 nitrogen and oxygen atoms in total. The van der Waals surface area contributed by atoms with E-state index in [1.165, 1.54) is 6.33 Å². The summed E-state index contributed by atoms with van der Waals surface area (Å²) in [5.41, 5.74) is 5.44. The number of nitrogens with two attached hydrogens (primary N) is 1. The lowest BCUT2D eigenvalue weighted by Crippen LogP contribution is -2.34. The first-order chi connectivity index (χ1) is 7.65. The van der Waals surface area contributed by atoms with Gasteiger partial charge >= 0.3 is 0 Å². The summed E-state index contributed by atoms with van der Waals surface area (Å²) >= 11 is 0. The van der Waals surface area contributed by atoms with Crippen molar-refractivity contribution in [3.8, 4) is 0 Å². The SMILES string of the molecule is CC(C)N(CCC(N)=NO)c1ccncn1. The molecule has 1 rings (SSSR count). The van der Waals surface area contributed by atoms with Crippen molar-refractivity contribution in [1.29, 1.82) is 0 Å². The second-order valence-corrected chi connectivity index (χ2v) is 3.70. The van der Waals surface area contributed by atoms with Gasteiger partial charge < -0.3 is 15.8 Å². The van der Waals surface area contributed by atoms with Crippen LogP contribution in [0.5, 0.6) is 0 Å². The molecule has 88 valence electrons. The third-order valence-electron chi connectivity index (χ3n) is 2.22. The van der Waals surface area contributed by atoms with E-state index in [0.717, 1.165) is 5.82 Å². The Morgan fingerprint density at radius 3 is 2.88 bits per heavy atom. The number of nitrogens with zero attached hydrogens (tertiary/aromatic N) is 4. The van der Waals surface area contributed by atoms with Crippen molar-refractivity contribution in [2.45, 2.75) is 26.3 Å². The molecule has 0 aromatic carbocycles. The summed E-state index contributed by atoms with van der Waals surface area (Å²) < 4.78 is 0. The first-order valence-corrected chi connectivity index (χ1v) is 5.14. The third kappa shape index (κ3) is 3.38. The first-order valence-electron chi connectivity index (χ1n) is 5.14. The maximum Gasteiger partial charge on any atom is 0.140 e. The zero-order chi connectivity index (χ0) is 12.0. The van der Waals surface area contributed by atoms with E-state index >= 15 is 0 Å². The number of amidine groups is 1. The molecular weight excluding hydrogens is 206 g/mol. The highest BCUT2D eigenvalue weighted by Crippen LogP contribution is 2.12. The van der Waals surface area contributed by atoms with Crippen molar-refractivity contribution >= 4 is 11.7 Å². The molecule has 1 aromatic rings. The molecule has 0 saturated carbocycles. The van der Waals surface area contributed by atoms with Crippen LogP contribution >= 0.6 is 0 Å². The van der Waals surface area contributed by atoms with Gasteiger partial charge in [0.05, 0.1) is 0 Å². The van der Waals surface area contributed by atoms with E-state index in [1.54, 1.807) is 6.20 Å². The summed E-state index contributed by atoms with van der Waals surface area (Å²) in [6.07, 6.45) is 3.70. The minimum atomic E-state index is 0.222. The van der Waals surface area contributed by atoms with Gasteiger partial charge in [-0.15, -0.1) is 0 Å². The lowest BCUT2D eigenvalue weighted by molar-refractivity contribution is 0.317. The van der Waals surface area contributed by atoms with E-state index < -0.39 is 0 Å². The molecular formula is C10H17N5O. The van der Waals surface area contributed by atoms with Gasteiger partial charge in [0.2, 0.25) is 0 Å². The van der Waals surface area contributed by atoms with Gasteiger partial charge in [-0.05, 0) is 19.9 Å². The Hall–Kier alpha value is -1.85. The number of hydrogen-bond donors (Lipinski definition) is 2. The van der Waals surface area contributed by atoms with E-state index in [4.69, 9.17) is 10.9 Å². The Morgan fingerprint density at radius 2 is 2.38 bits per heavy atom. The topological polar surface area (TPSA) is 87.6 Å². The molecule has 0 saturated heterocycles. The minimum Gasteiger partial charge on any atom is -0.409 e. The van der Waals surface area contributed by atoms with E-state index in [9.17, 15) is 0 Å². The molecule has 0 aliphatic heterocycles. The first kappa shape index (κ1) is 12.2. The van der Waals surface area contributed by atoms with Crippen LogP contribution in [0.4, 0.5) is 5.82 Å². The fraction of sp³-hybridized carbons (Fsp3) is 0.500. The Morgan fingerprint density at radius 1 is 1.62 bits per heavy atom. The normalized spacial score (nSPS) is 11.8. The fourth-order valence-electron chi connectivity index (χ4n) is 1.38. The monoisotopic (exact) mass is 223 g/mol. The van der Waals surface area contributed by atoms with Crippen LogP contribution < -0.4 is 10.6 Å². The number of anilines is 1. The summed E-state index contributed by atoms with van der Waals surface area (Å²) in [4.78, 5) is 10.1. The van der Waals surface area contributed by atoms with Gasteiger partial charge in [0.25, 0.3) is 0 Å². The molecule has 6 heteroatoms. The predicted octanol–water partition coefficient (Wildman–Crippen LogP) is 0.828. The van der Waals surface area contributed by atoms with Crippen molar-refractivity contribution in [2.75, 3.05) is 11.4 Å². The van der Waals surface area contributed by atoms with Crippen LogP contribution in [0.25, 0.3) is 0 Å². The minimum absolute atomic E-state index is 0.222. The zero-order valence-corrected chi connectivity index (χ0v) is 9.54. The fourth-order valence-corrected chi connectivity index (χ4v) is 1.38. The van der Waals surface area contributed by atoms with Gasteiger partial charge in [0, 0.05) is 25.2 Å². The maximum absolute atomic E-state index is 8.48. The molecule has 3 N–H and O–H groups in total. The van der Waals surface area contributed by atoms with E-state index in [1.807, 2.05) is 6.07 Å². The average Bonchev–Trinajstić information content (AvgIpc) is 2.30. The van der Waals surface area contributed by atoms with Crippen molar-refractivity contribution in [2.24, 2.45) is 10.9 Å². The molecule has 16 heavy (non-hydrogen) atoms. The number of oxime groups is 1. The molecule has 1 aromatic heterocycles. The van der Waals surface area contributed by atoms with Crippen molar-refractivity contribution in [3.63, 3.8) is 0 Å². The average molecular weight is 223 g/mol. The zero-order valence-electron chi connectivity index (χ0n) is 9.54. The van der Waals surface area contributed by atoms with Crippen LogP contribution in [0.15, 0.2) is 23.7 Å². The quantitative estimate of drug-likeness (QED) is 0.334. The van der Waals surface area contributed by atoms with Gasteiger partial charge in [-0.1, -0.05) is 5.16 Å². The second kappa shape index (κ2) is 5.89. The van der Waals surface area contributed by atoms with Gasteiger partial charge in [-0.2, -0.15) is 0 Å². The summed E-state index contributed by atoms with van der Waals surface area (Å²) in [5, 5.41) is 11.4. The van der Waals surface area contributed by atoms with Crippen molar-refractivity contribution in [1.82, 2.24) is 9.97 Å². The highest BCUT2D eigenvalue weighted by Gasteiger charge is 2.11. The van der Waals surface area contributed by atoms with Crippen molar-refractivity contribution in [3.05, 3.63) is 18.6 Å². The van der Waals surface area contributed by atoms with E-state index in [-0.39, 0.29) is 5.84 Å². The third-order valence-corrected chi connectivity index (χ3v) is 2.22. The van der Waals surface area contributed by atoms with Crippen molar-refractivity contribution < 1.29 is 5.21 Å². The molecule has 0 unspecified atom stereocenters. The summed E-state index contributed by atoms with van der Waals surface area (Å²) in [6.45, 7) is 4.79. The number of aromatic nitrogens is 2. The standard InChI is InChI=1S/C10H17N5O/c1-8(2)15(6-4-9(11)14-16)10-3-5-12-7-13-10/h3,5,7-8,16H,4,6H2,1-2H3,(H2,11,14). The van der Waals surface area contributed by atoms with Crippen LogP contribution in [0, 0.1) is 0 Å². The molecule has 0 spiro atoms. The molecule has 0 radical (unpaired) electrons. The van der Waals surface area contributed by atoms with Gasteiger partial charge in [-0.3, -0.25) is 0 Å². The molecule has 0 amide bonds. The molecule has 0 atom stereocenters. The number of hydrogen-bond acceptors (Lipinski definition) is 5. The Bertz CT molecular complexity index is 338. The lowest BCUT2D eigenvalue weighted by atomic mass is 10.2. The van der Waals surface area contributed by atoms with Gasteiger partial charge in [0.15, 0.2) is 0 Å². The Balaban J connectivity index is 2.69. The van der Waals surface area contributed by atoms with E-state index in [0.29, 0.717) is 19.0 Å². The largest absolute Gasteiger partial charge is 0.409 e. The smallest absolute Gasteiger partial charge is 0.140 e. The van der Waals surface area contributed by atoms with Crippen LogP contribution in [-0.2, 0) is 0 Å². The lowest BCUT2D eigenvalue weighted by Gasteiger charge is -2.27. The Kier molecular flexibility index (Phi) is 4.50. The van der Waals surface area contributed by atoms with Gasteiger partial charge in [0.1, 0.15) is 18.0 Å². The molecule has 0 fully saturated rings. The maximum atomic E-state index is 8.48. The highest BCUT2D eigenvalue weighted by atomic mass is 16.4. The predicted molar refractivity (Wildman–Crippen MR) is 62.5 cm³/mol. The second-order valence-electron chi connectivity index (χ2n) is 3.70. The molecule has 1 heterocycles. The molecule has 0 bridgehead atoms.